The number of carbonyl (C=O) groups excluding carboxylic acids is 2. The Balaban J connectivity index is 1.57. The van der Waals surface area contributed by atoms with Crippen LogP contribution in [0.15, 0.2) is 36.0 Å². The Bertz CT molecular complexity index is 666. The smallest absolute Gasteiger partial charge is 0.282 e. The zero-order chi connectivity index (χ0) is 16.4. The van der Waals surface area contributed by atoms with Crippen molar-refractivity contribution in [3.8, 4) is 11.5 Å². The number of hydrazine groups is 1. The maximum absolute atomic E-state index is 12.2. The summed E-state index contributed by atoms with van der Waals surface area (Å²) >= 11 is 0. The predicted octanol–water partition coefficient (Wildman–Crippen LogP) is 1.72. The van der Waals surface area contributed by atoms with E-state index in [1.165, 1.54) is 0 Å². The Kier molecular flexibility index (Phi) is 3.98. The topological polar surface area (TPSA) is 76.7 Å². The van der Waals surface area contributed by atoms with Crippen molar-refractivity contribution >= 4 is 11.7 Å². The van der Waals surface area contributed by atoms with Gasteiger partial charge in [-0.15, -0.1) is 0 Å². The lowest BCUT2D eigenvalue weighted by molar-refractivity contribution is -0.131. The molecule has 0 spiro atoms. The van der Waals surface area contributed by atoms with Crippen molar-refractivity contribution in [3.63, 3.8) is 0 Å². The van der Waals surface area contributed by atoms with E-state index in [1.807, 2.05) is 26.0 Å². The molecule has 1 aromatic rings. The van der Waals surface area contributed by atoms with Crippen molar-refractivity contribution in [2.45, 2.75) is 32.8 Å². The first-order valence-corrected chi connectivity index (χ1v) is 7.61. The summed E-state index contributed by atoms with van der Waals surface area (Å²) in [5.41, 5.74) is 6.03. The van der Waals surface area contributed by atoms with Crippen LogP contribution >= 0.6 is 0 Å². The quantitative estimate of drug-likeness (QED) is 0.830. The minimum atomic E-state index is -0.731. The molecule has 0 bridgehead atoms. The molecule has 0 fully saturated rings. The van der Waals surface area contributed by atoms with Gasteiger partial charge in [0.1, 0.15) is 6.61 Å². The van der Waals surface area contributed by atoms with Gasteiger partial charge in [0, 0.05) is 18.2 Å². The molecule has 0 saturated carbocycles. The molecule has 1 unspecified atom stereocenters. The summed E-state index contributed by atoms with van der Waals surface area (Å²) in [5.74, 6) is 0.902. The number of hydrogen-bond donors (Lipinski definition) is 2. The summed E-state index contributed by atoms with van der Waals surface area (Å²) in [7, 11) is 0. The van der Waals surface area contributed by atoms with E-state index in [0.29, 0.717) is 30.0 Å². The van der Waals surface area contributed by atoms with Crippen LogP contribution in [0.5, 0.6) is 11.5 Å². The van der Waals surface area contributed by atoms with Crippen molar-refractivity contribution in [2.24, 2.45) is 5.41 Å². The Hall–Kier alpha value is -2.50. The highest BCUT2D eigenvalue weighted by Gasteiger charge is 2.30. The first kappa shape index (κ1) is 15.4. The van der Waals surface area contributed by atoms with Gasteiger partial charge >= 0.3 is 0 Å². The number of fused-ring (bicyclic) bond motifs is 1. The van der Waals surface area contributed by atoms with Crippen molar-refractivity contribution in [2.75, 3.05) is 6.61 Å². The molecular weight excluding hydrogens is 296 g/mol. The van der Waals surface area contributed by atoms with Crippen LogP contribution < -0.4 is 20.3 Å². The fourth-order valence-corrected chi connectivity index (χ4v) is 2.80. The summed E-state index contributed by atoms with van der Waals surface area (Å²) < 4.78 is 11.1. The number of ketones is 1. The number of ether oxygens (including phenoxy) is 2. The molecule has 0 aromatic heterocycles. The summed E-state index contributed by atoms with van der Waals surface area (Å²) in [6.45, 7) is 4.20. The molecule has 1 aliphatic heterocycles. The van der Waals surface area contributed by atoms with E-state index in [9.17, 15) is 9.59 Å². The highest BCUT2D eigenvalue weighted by molar-refractivity contribution is 5.91. The molecule has 23 heavy (non-hydrogen) atoms. The highest BCUT2D eigenvalue weighted by atomic mass is 16.6. The van der Waals surface area contributed by atoms with Crippen LogP contribution in [0.3, 0.4) is 0 Å². The van der Waals surface area contributed by atoms with Crippen LogP contribution in [0.1, 0.15) is 26.7 Å². The predicted molar refractivity (Wildman–Crippen MR) is 83.7 cm³/mol. The third-order valence-corrected chi connectivity index (χ3v) is 3.80. The van der Waals surface area contributed by atoms with E-state index in [2.05, 4.69) is 10.9 Å². The van der Waals surface area contributed by atoms with Gasteiger partial charge in [-0.2, -0.15) is 0 Å². The van der Waals surface area contributed by atoms with Gasteiger partial charge in [0.2, 0.25) is 6.10 Å². The van der Waals surface area contributed by atoms with Gasteiger partial charge in [-0.05, 0) is 24.0 Å². The van der Waals surface area contributed by atoms with Crippen LogP contribution in [0.4, 0.5) is 0 Å². The molecule has 1 atom stereocenters. The maximum Gasteiger partial charge on any atom is 0.282 e. The van der Waals surface area contributed by atoms with Gasteiger partial charge in [-0.3, -0.25) is 15.0 Å². The van der Waals surface area contributed by atoms with Crippen LogP contribution in [0, 0.1) is 5.41 Å². The Morgan fingerprint density at radius 3 is 2.70 bits per heavy atom. The van der Waals surface area contributed by atoms with E-state index >= 15 is 0 Å². The average Bonchev–Trinajstić information content (AvgIpc) is 2.50. The van der Waals surface area contributed by atoms with Crippen molar-refractivity contribution in [1.29, 1.82) is 0 Å². The number of allylic oxidation sites excluding steroid dienone is 2. The number of para-hydroxylation sites is 2. The van der Waals surface area contributed by atoms with E-state index in [-0.39, 0.29) is 23.7 Å². The molecule has 1 amide bonds. The van der Waals surface area contributed by atoms with E-state index < -0.39 is 6.10 Å². The number of amides is 1. The summed E-state index contributed by atoms with van der Waals surface area (Å²) in [5, 5.41) is 0. The largest absolute Gasteiger partial charge is 0.485 e. The molecule has 1 aliphatic carbocycles. The minimum Gasteiger partial charge on any atom is -0.485 e. The van der Waals surface area contributed by atoms with Crippen LogP contribution in [-0.4, -0.2) is 24.4 Å². The van der Waals surface area contributed by atoms with E-state index in [4.69, 9.17) is 9.47 Å². The Morgan fingerprint density at radius 1 is 1.22 bits per heavy atom. The van der Waals surface area contributed by atoms with Crippen molar-refractivity contribution < 1.29 is 19.1 Å². The normalized spacial score (nSPS) is 22.1. The van der Waals surface area contributed by atoms with Crippen LogP contribution in [-0.2, 0) is 9.59 Å². The van der Waals surface area contributed by atoms with E-state index in [1.54, 1.807) is 18.2 Å². The van der Waals surface area contributed by atoms with Crippen LogP contribution in [0.2, 0.25) is 0 Å². The zero-order valence-corrected chi connectivity index (χ0v) is 13.2. The number of benzene rings is 1. The lowest BCUT2D eigenvalue weighted by Gasteiger charge is -2.30. The second-order valence-corrected chi connectivity index (χ2v) is 6.63. The van der Waals surface area contributed by atoms with Gasteiger partial charge in [0.25, 0.3) is 5.91 Å². The average molecular weight is 316 g/mol. The number of hydrogen-bond acceptors (Lipinski definition) is 5. The highest BCUT2D eigenvalue weighted by Crippen LogP contribution is 2.32. The van der Waals surface area contributed by atoms with Crippen molar-refractivity contribution in [1.82, 2.24) is 10.9 Å². The Labute approximate surface area is 134 Å². The van der Waals surface area contributed by atoms with Gasteiger partial charge < -0.3 is 14.9 Å². The molecular formula is C17H20N2O4. The summed E-state index contributed by atoms with van der Waals surface area (Å²) in [4.78, 5) is 23.9. The number of carbonyl (C=O) groups is 2. The third-order valence-electron chi connectivity index (χ3n) is 3.80. The molecule has 0 radical (unpaired) electrons. The molecule has 3 rings (SSSR count). The molecule has 0 saturated heterocycles. The number of rotatable bonds is 3. The monoisotopic (exact) mass is 316 g/mol. The van der Waals surface area contributed by atoms with Crippen LogP contribution in [0.25, 0.3) is 0 Å². The second-order valence-electron chi connectivity index (χ2n) is 6.63. The molecule has 2 N–H and O–H groups in total. The van der Waals surface area contributed by atoms with E-state index in [0.717, 1.165) is 0 Å². The lowest BCUT2D eigenvalue weighted by Crippen LogP contribution is -2.49. The SMILES string of the molecule is CC1(C)CC(=O)C=C(NNC(=O)C2COc3ccccc3O2)C1. The maximum atomic E-state index is 12.2. The molecule has 6 heteroatoms. The first-order chi connectivity index (χ1) is 10.9. The van der Waals surface area contributed by atoms with Crippen molar-refractivity contribution in [3.05, 3.63) is 36.0 Å². The molecule has 2 aliphatic rings. The standard InChI is InChI=1S/C17H20N2O4/c1-17(2)8-11(7-12(20)9-17)18-19-16(21)15-10-22-13-5-3-4-6-14(13)23-15/h3-7,15,18H,8-10H2,1-2H3,(H,19,21). The molecule has 1 aromatic carbocycles. The van der Waals surface area contributed by atoms with Gasteiger partial charge in [-0.1, -0.05) is 26.0 Å². The summed E-state index contributed by atoms with van der Waals surface area (Å²) in [6, 6.07) is 7.22. The summed E-state index contributed by atoms with van der Waals surface area (Å²) in [6.07, 6.45) is 2.02. The number of nitrogens with one attached hydrogen (secondary N) is 2. The lowest BCUT2D eigenvalue weighted by atomic mass is 9.79. The Morgan fingerprint density at radius 2 is 1.96 bits per heavy atom. The third kappa shape index (κ3) is 3.64. The first-order valence-electron chi connectivity index (χ1n) is 7.61. The second kappa shape index (κ2) is 5.95. The minimum absolute atomic E-state index is 0.0594. The van der Waals surface area contributed by atoms with Gasteiger partial charge in [-0.25, -0.2) is 0 Å². The zero-order valence-electron chi connectivity index (χ0n) is 13.2. The molecule has 6 nitrogen and oxygen atoms in total. The molecule has 122 valence electrons. The molecule has 1 heterocycles. The van der Waals surface area contributed by atoms with Gasteiger partial charge in [0.15, 0.2) is 17.3 Å². The van der Waals surface area contributed by atoms with Gasteiger partial charge in [0.05, 0.1) is 0 Å². The fraction of sp³-hybridized carbons (Fsp3) is 0.412. The fourth-order valence-electron chi connectivity index (χ4n) is 2.80.